The number of nitrogens with one attached hydrogen (secondary N) is 1. The van der Waals surface area contributed by atoms with Gasteiger partial charge in [-0.05, 0) is 18.6 Å². The Morgan fingerprint density at radius 2 is 2.44 bits per heavy atom. The van der Waals surface area contributed by atoms with Crippen LogP contribution in [0.1, 0.15) is 34.0 Å². The first-order chi connectivity index (χ1) is 8.70. The van der Waals surface area contributed by atoms with Crippen molar-refractivity contribution in [1.29, 1.82) is 0 Å². The highest BCUT2D eigenvalue weighted by molar-refractivity contribution is 7.09. The Kier molecular flexibility index (Phi) is 4.01. The molecular formula is C12H14N4OS. The summed E-state index contributed by atoms with van der Waals surface area (Å²) in [6, 6.07) is 3.66. The minimum atomic E-state index is -0.192. The predicted octanol–water partition coefficient (Wildman–Crippen LogP) is 1.49. The van der Waals surface area contributed by atoms with Gasteiger partial charge in [-0.2, -0.15) is 0 Å². The quantitative estimate of drug-likeness (QED) is 0.874. The van der Waals surface area contributed by atoms with E-state index in [0.29, 0.717) is 12.2 Å². The molecule has 2 aromatic heterocycles. The van der Waals surface area contributed by atoms with Crippen molar-refractivity contribution in [3.63, 3.8) is 0 Å². The number of aromatic nitrogens is 2. The van der Waals surface area contributed by atoms with E-state index < -0.39 is 0 Å². The van der Waals surface area contributed by atoms with Crippen molar-refractivity contribution in [2.45, 2.75) is 19.5 Å². The van der Waals surface area contributed by atoms with Crippen LogP contribution in [0.4, 0.5) is 0 Å². The third-order valence-electron chi connectivity index (χ3n) is 2.49. The normalized spacial score (nSPS) is 12.1. The van der Waals surface area contributed by atoms with E-state index in [2.05, 4.69) is 15.3 Å². The summed E-state index contributed by atoms with van der Waals surface area (Å²) < 4.78 is 0. The second kappa shape index (κ2) is 5.70. The highest BCUT2D eigenvalue weighted by Crippen LogP contribution is 2.13. The number of hydrogen-bond donors (Lipinski definition) is 2. The first kappa shape index (κ1) is 12.7. The van der Waals surface area contributed by atoms with Gasteiger partial charge in [0.1, 0.15) is 10.7 Å². The monoisotopic (exact) mass is 262 g/mol. The van der Waals surface area contributed by atoms with Crippen molar-refractivity contribution in [3.05, 3.63) is 46.2 Å². The van der Waals surface area contributed by atoms with Gasteiger partial charge in [-0.25, -0.2) is 4.98 Å². The summed E-state index contributed by atoms with van der Waals surface area (Å²) in [7, 11) is 0. The zero-order valence-electron chi connectivity index (χ0n) is 9.96. The smallest absolute Gasteiger partial charge is 0.271 e. The predicted molar refractivity (Wildman–Crippen MR) is 70.1 cm³/mol. The van der Waals surface area contributed by atoms with Gasteiger partial charge in [0.15, 0.2) is 0 Å². The molecule has 0 aliphatic heterocycles. The molecule has 0 radical (unpaired) electrons. The number of rotatable bonds is 4. The van der Waals surface area contributed by atoms with E-state index in [4.69, 9.17) is 5.73 Å². The van der Waals surface area contributed by atoms with E-state index in [1.807, 2.05) is 19.1 Å². The van der Waals surface area contributed by atoms with Crippen LogP contribution in [0, 0.1) is 0 Å². The van der Waals surface area contributed by atoms with Gasteiger partial charge < -0.3 is 11.1 Å². The molecule has 5 nitrogen and oxygen atoms in total. The molecule has 2 heterocycles. The van der Waals surface area contributed by atoms with E-state index in [1.165, 1.54) is 11.3 Å². The fourth-order valence-corrected chi connectivity index (χ4v) is 2.15. The molecule has 6 heteroatoms. The number of carbonyl (C=O) groups is 1. The van der Waals surface area contributed by atoms with E-state index in [0.717, 1.165) is 10.6 Å². The van der Waals surface area contributed by atoms with E-state index in [-0.39, 0.29) is 11.9 Å². The number of hydrogen-bond acceptors (Lipinski definition) is 5. The Morgan fingerprint density at radius 3 is 3.06 bits per heavy atom. The molecule has 0 saturated carbocycles. The van der Waals surface area contributed by atoms with Crippen LogP contribution in [0.2, 0.25) is 0 Å². The Hall–Kier alpha value is -1.79. The van der Waals surface area contributed by atoms with Gasteiger partial charge in [0.05, 0.1) is 6.04 Å². The topological polar surface area (TPSA) is 80.9 Å². The molecule has 18 heavy (non-hydrogen) atoms. The van der Waals surface area contributed by atoms with Crippen molar-refractivity contribution in [1.82, 2.24) is 15.3 Å². The molecule has 2 rings (SSSR count). The van der Waals surface area contributed by atoms with Crippen LogP contribution in [0.3, 0.4) is 0 Å². The Labute approximate surface area is 109 Å². The molecule has 1 amide bonds. The Morgan fingerprint density at radius 1 is 1.61 bits per heavy atom. The van der Waals surface area contributed by atoms with Crippen LogP contribution in [0.25, 0.3) is 0 Å². The van der Waals surface area contributed by atoms with Crippen LogP contribution < -0.4 is 11.1 Å². The number of amides is 1. The summed E-state index contributed by atoms with van der Waals surface area (Å²) in [5, 5.41) is 5.35. The summed E-state index contributed by atoms with van der Waals surface area (Å²) in [5.74, 6) is -0.192. The standard InChI is InChI=1S/C12H14N4OS/c1-8(9-3-2-4-14-6-9)15-12(17)10-7-18-11(5-13)16-10/h2-4,6-8H,5,13H2,1H3,(H,15,17)/t8-/m1/s1. The molecule has 94 valence electrons. The van der Waals surface area contributed by atoms with E-state index in [1.54, 1.807) is 17.8 Å². The van der Waals surface area contributed by atoms with Gasteiger partial charge in [0.2, 0.25) is 0 Å². The second-order valence-electron chi connectivity index (χ2n) is 3.81. The van der Waals surface area contributed by atoms with Gasteiger partial charge in [-0.1, -0.05) is 6.07 Å². The lowest BCUT2D eigenvalue weighted by Crippen LogP contribution is -2.27. The first-order valence-electron chi connectivity index (χ1n) is 5.56. The molecule has 0 fully saturated rings. The fourth-order valence-electron chi connectivity index (χ4n) is 1.49. The molecule has 0 aromatic carbocycles. The van der Waals surface area contributed by atoms with Crippen LogP contribution in [-0.2, 0) is 6.54 Å². The van der Waals surface area contributed by atoms with Crippen molar-refractivity contribution in [3.8, 4) is 0 Å². The van der Waals surface area contributed by atoms with E-state index >= 15 is 0 Å². The maximum absolute atomic E-state index is 11.9. The number of nitrogens with zero attached hydrogens (tertiary/aromatic N) is 2. The fraction of sp³-hybridized carbons (Fsp3) is 0.250. The summed E-state index contributed by atoms with van der Waals surface area (Å²) in [6.45, 7) is 2.27. The third-order valence-corrected chi connectivity index (χ3v) is 3.36. The Balaban J connectivity index is 2.03. The van der Waals surface area contributed by atoms with Crippen molar-refractivity contribution >= 4 is 17.2 Å². The highest BCUT2D eigenvalue weighted by Gasteiger charge is 2.14. The molecular weight excluding hydrogens is 248 g/mol. The van der Waals surface area contributed by atoms with Crippen LogP contribution in [-0.4, -0.2) is 15.9 Å². The summed E-state index contributed by atoms with van der Waals surface area (Å²) >= 11 is 1.39. The van der Waals surface area contributed by atoms with Gasteiger partial charge in [0, 0.05) is 24.3 Å². The second-order valence-corrected chi connectivity index (χ2v) is 4.75. The highest BCUT2D eigenvalue weighted by atomic mass is 32.1. The average Bonchev–Trinajstić information content (AvgIpc) is 2.88. The zero-order valence-corrected chi connectivity index (χ0v) is 10.8. The lowest BCUT2D eigenvalue weighted by atomic mass is 10.1. The molecule has 0 bridgehead atoms. The minimum Gasteiger partial charge on any atom is -0.344 e. The van der Waals surface area contributed by atoms with Crippen molar-refractivity contribution < 1.29 is 4.79 Å². The molecule has 0 saturated heterocycles. The molecule has 0 spiro atoms. The lowest BCUT2D eigenvalue weighted by molar-refractivity contribution is 0.0935. The SMILES string of the molecule is C[C@@H](NC(=O)c1csc(CN)n1)c1cccnc1. The first-order valence-corrected chi connectivity index (χ1v) is 6.44. The van der Waals surface area contributed by atoms with E-state index in [9.17, 15) is 4.79 Å². The van der Waals surface area contributed by atoms with Gasteiger partial charge in [-0.3, -0.25) is 9.78 Å². The Bertz CT molecular complexity index is 526. The largest absolute Gasteiger partial charge is 0.344 e. The zero-order chi connectivity index (χ0) is 13.0. The van der Waals surface area contributed by atoms with Gasteiger partial charge in [-0.15, -0.1) is 11.3 Å². The van der Waals surface area contributed by atoms with Crippen molar-refractivity contribution in [2.24, 2.45) is 5.73 Å². The number of carbonyl (C=O) groups excluding carboxylic acids is 1. The molecule has 1 atom stereocenters. The summed E-state index contributed by atoms with van der Waals surface area (Å²) in [4.78, 5) is 20.1. The van der Waals surface area contributed by atoms with Crippen LogP contribution in [0.15, 0.2) is 29.9 Å². The van der Waals surface area contributed by atoms with Crippen molar-refractivity contribution in [2.75, 3.05) is 0 Å². The summed E-state index contributed by atoms with van der Waals surface area (Å²) in [6.07, 6.45) is 3.43. The molecule has 0 aliphatic carbocycles. The number of pyridine rings is 1. The van der Waals surface area contributed by atoms with Crippen LogP contribution >= 0.6 is 11.3 Å². The maximum atomic E-state index is 11.9. The van der Waals surface area contributed by atoms with Gasteiger partial charge in [0.25, 0.3) is 5.91 Å². The third kappa shape index (κ3) is 2.91. The number of nitrogens with two attached hydrogens (primary N) is 1. The molecule has 0 aliphatic rings. The molecule has 0 unspecified atom stereocenters. The maximum Gasteiger partial charge on any atom is 0.271 e. The average molecular weight is 262 g/mol. The minimum absolute atomic E-state index is 0.103. The lowest BCUT2D eigenvalue weighted by Gasteiger charge is -2.12. The molecule has 3 N–H and O–H groups in total. The molecule has 2 aromatic rings. The number of thiazole rings is 1. The van der Waals surface area contributed by atoms with Crippen LogP contribution in [0.5, 0.6) is 0 Å². The van der Waals surface area contributed by atoms with Gasteiger partial charge >= 0.3 is 0 Å². The summed E-state index contributed by atoms with van der Waals surface area (Å²) in [5.41, 5.74) is 6.84.